The van der Waals surface area contributed by atoms with E-state index in [1.54, 1.807) is 50.1 Å². The second-order valence-electron chi connectivity index (χ2n) is 7.59. The van der Waals surface area contributed by atoms with Crippen LogP contribution in [0.15, 0.2) is 42.5 Å². The Hall–Kier alpha value is -3.33. The van der Waals surface area contributed by atoms with Crippen LogP contribution in [0, 0.1) is 11.6 Å². The Balaban J connectivity index is 1.72. The molecule has 0 radical (unpaired) electrons. The van der Waals surface area contributed by atoms with Crippen molar-refractivity contribution >= 4 is 34.8 Å². The first-order chi connectivity index (χ1) is 14.7. The molecule has 31 heavy (non-hydrogen) atoms. The van der Waals surface area contributed by atoms with E-state index < -0.39 is 23.6 Å². The standard InChI is InChI=1S/C22H24F2N4O3/c1-13-10-20(29)25-17-6-4-5-7-19(17)28(13)21(30)12-27(3)14(2)22(31)26-18-11-15(23)8-9-16(18)24/h4-9,11,13-14H,10,12H2,1-3H3,(H,25,29)(H,26,31)/t13-,14-/m0/s1. The normalized spacial score (nSPS) is 16.9. The number of benzene rings is 2. The van der Waals surface area contributed by atoms with Gasteiger partial charge in [-0.2, -0.15) is 0 Å². The maximum atomic E-state index is 13.8. The minimum Gasteiger partial charge on any atom is -0.324 e. The van der Waals surface area contributed by atoms with Crippen molar-refractivity contribution in [3.63, 3.8) is 0 Å². The molecule has 2 N–H and O–H groups in total. The van der Waals surface area contributed by atoms with Crippen molar-refractivity contribution in [2.45, 2.75) is 32.4 Å². The van der Waals surface area contributed by atoms with Gasteiger partial charge in [-0.25, -0.2) is 8.78 Å². The molecule has 0 saturated heterocycles. The van der Waals surface area contributed by atoms with E-state index in [0.717, 1.165) is 18.2 Å². The Morgan fingerprint density at radius 3 is 2.71 bits per heavy atom. The highest BCUT2D eigenvalue weighted by Crippen LogP contribution is 2.31. The molecule has 0 fully saturated rings. The molecule has 0 aromatic heterocycles. The van der Waals surface area contributed by atoms with Gasteiger partial charge in [-0.15, -0.1) is 0 Å². The number of para-hydroxylation sites is 2. The van der Waals surface area contributed by atoms with Gasteiger partial charge in [0.25, 0.3) is 0 Å². The number of hydrogen-bond donors (Lipinski definition) is 2. The topological polar surface area (TPSA) is 81.8 Å². The molecule has 0 bridgehead atoms. The largest absolute Gasteiger partial charge is 0.324 e. The van der Waals surface area contributed by atoms with E-state index in [2.05, 4.69) is 10.6 Å². The number of nitrogens with zero attached hydrogens (tertiary/aromatic N) is 2. The summed E-state index contributed by atoms with van der Waals surface area (Å²) in [5.41, 5.74) is 0.856. The van der Waals surface area contributed by atoms with Crippen molar-refractivity contribution in [3.8, 4) is 0 Å². The fourth-order valence-electron chi connectivity index (χ4n) is 3.42. The lowest BCUT2D eigenvalue weighted by molar-refractivity contribution is -0.123. The molecule has 2 aromatic carbocycles. The Kier molecular flexibility index (Phi) is 6.65. The van der Waals surface area contributed by atoms with Crippen molar-refractivity contribution in [2.75, 3.05) is 29.1 Å². The predicted octanol–water partition coefficient (Wildman–Crippen LogP) is 2.99. The molecule has 3 rings (SSSR count). The van der Waals surface area contributed by atoms with Gasteiger partial charge >= 0.3 is 0 Å². The number of hydrogen-bond acceptors (Lipinski definition) is 4. The van der Waals surface area contributed by atoms with Crippen molar-refractivity contribution in [1.82, 2.24) is 4.90 Å². The number of nitrogens with one attached hydrogen (secondary N) is 2. The van der Waals surface area contributed by atoms with Gasteiger partial charge in [-0.1, -0.05) is 12.1 Å². The molecule has 0 spiro atoms. The van der Waals surface area contributed by atoms with E-state index in [0.29, 0.717) is 11.4 Å². The lowest BCUT2D eigenvalue weighted by atomic mass is 10.1. The highest BCUT2D eigenvalue weighted by molar-refractivity contribution is 6.05. The number of fused-ring (bicyclic) bond motifs is 1. The number of carbonyl (C=O) groups excluding carboxylic acids is 3. The fourth-order valence-corrected chi connectivity index (χ4v) is 3.42. The average molecular weight is 430 g/mol. The number of carbonyl (C=O) groups is 3. The van der Waals surface area contributed by atoms with Gasteiger partial charge in [-0.3, -0.25) is 19.3 Å². The van der Waals surface area contributed by atoms with Crippen molar-refractivity contribution < 1.29 is 23.2 Å². The summed E-state index contributed by atoms with van der Waals surface area (Å²) >= 11 is 0. The maximum Gasteiger partial charge on any atom is 0.241 e. The lowest BCUT2D eigenvalue weighted by Gasteiger charge is -2.31. The van der Waals surface area contributed by atoms with Crippen molar-refractivity contribution in [2.24, 2.45) is 0 Å². The van der Waals surface area contributed by atoms with E-state index >= 15 is 0 Å². The van der Waals surface area contributed by atoms with Crippen molar-refractivity contribution in [3.05, 3.63) is 54.1 Å². The third-order valence-electron chi connectivity index (χ3n) is 5.24. The summed E-state index contributed by atoms with van der Waals surface area (Å²) < 4.78 is 27.2. The first-order valence-corrected chi connectivity index (χ1v) is 9.84. The SMILES string of the molecule is C[C@@H](C(=O)Nc1cc(F)ccc1F)N(C)CC(=O)N1c2ccccc2NC(=O)C[C@@H]1C. The van der Waals surface area contributed by atoms with E-state index in [9.17, 15) is 23.2 Å². The molecule has 7 nitrogen and oxygen atoms in total. The predicted molar refractivity (Wildman–Crippen MR) is 114 cm³/mol. The van der Waals surface area contributed by atoms with Gasteiger partial charge in [0.1, 0.15) is 11.6 Å². The number of halogens is 2. The van der Waals surface area contributed by atoms with Crippen LogP contribution in [-0.2, 0) is 14.4 Å². The zero-order valence-electron chi connectivity index (χ0n) is 17.5. The smallest absolute Gasteiger partial charge is 0.241 e. The second kappa shape index (κ2) is 9.22. The van der Waals surface area contributed by atoms with Gasteiger partial charge in [0.15, 0.2) is 0 Å². The Morgan fingerprint density at radius 2 is 1.97 bits per heavy atom. The van der Waals surface area contributed by atoms with E-state index in [1.165, 1.54) is 4.90 Å². The molecule has 2 aromatic rings. The maximum absolute atomic E-state index is 13.8. The molecule has 164 valence electrons. The summed E-state index contributed by atoms with van der Waals surface area (Å²) in [5, 5.41) is 5.14. The van der Waals surface area contributed by atoms with Crippen LogP contribution >= 0.6 is 0 Å². The molecule has 1 aliphatic rings. The molecular weight excluding hydrogens is 406 g/mol. The van der Waals surface area contributed by atoms with Crippen LogP contribution in [0.3, 0.4) is 0 Å². The molecule has 2 atom stereocenters. The van der Waals surface area contributed by atoms with E-state index in [1.807, 2.05) is 0 Å². The summed E-state index contributed by atoms with van der Waals surface area (Å²) in [6.45, 7) is 3.22. The van der Waals surface area contributed by atoms with Crippen LogP contribution < -0.4 is 15.5 Å². The van der Waals surface area contributed by atoms with E-state index in [4.69, 9.17) is 0 Å². The number of rotatable bonds is 5. The summed E-state index contributed by atoms with van der Waals surface area (Å²) in [6, 6.07) is 8.61. The molecule has 0 unspecified atom stereocenters. The zero-order valence-corrected chi connectivity index (χ0v) is 17.5. The molecule has 0 saturated carbocycles. The molecule has 0 aliphatic carbocycles. The highest BCUT2D eigenvalue weighted by atomic mass is 19.1. The van der Waals surface area contributed by atoms with Crippen LogP contribution in [0.4, 0.5) is 25.8 Å². The Morgan fingerprint density at radius 1 is 1.26 bits per heavy atom. The van der Waals surface area contributed by atoms with Crippen LogP contribution in [-0.4, -0.2) is 48.3 Å². The molecule has 1 heterocycles. The second-order valence-corrected chi connectivity index (χ2v) is 7.59. The molecule has 9 heteroatoms. The summed E-state index contributed by atoms with van der Waals surface area (Å²) in [6.07, 6.45) is 0.138. The number of anilines is 3. The fraction of sp³-hybridized carbons (Fsp3) is 0.318. The average Bonchev–Trinajstić information content (AvgIpc) is 2.84. The first kappa shape index (κ1) is 22.4. The monoisotopic (exact) mass is 430 g/mol. The zero-order chi connectivity index (χ0) is 22.7. The Labute approximate surface area is 179 Å². The van der Waals surface area contributed by atoms with Crippen LogP contribution in [0.2, 0.25) is 0 Å². The molecule has 3 amide bonds. The van der Waals surface area contributed by atoms with Gasteiger partial charge in [0, 0.05) is 18.5 Å². The summed E-state index contributed by atoms with van der Waals surface area (Å²) in [5.74, 6) is -2.50. The minimum absolute atomic E-state index is 0.118. The Bertz CT molecular complexity index is 1010. The quantitative estimate of drug-likeness (QED) is 0.764. The number of amides is 3. The van der Waals surface area contributed by atoms with Crippen LogP contribution in [0.1, 0.15) is 20.3 Å². The van der Waals surface area contributed by atoms with Crippen LogP contribution in [0.25, 0.3) is 0 Å². The lowest BCUT2D eigenvalue weighted by Crippen LogP contribution is -2.48. The minimum atomic E-state index is -0.802. The highest BCUT2D eigenvalue weighted by Gasteiger charge is 2.31. The van der Waals surface area contributed by atoms with Crippen molar-refractivity contribution in [1.29, 1.82) is 0 Å². The third-order valence-corrected chi connectivity index (χ3v) is 5.24. The van der Waals surface area contributed by atoms with E-state index in [-0.39, 0.29) is 36.5 Å². The van der Waals surface area contributed by atoms with Gasteiger partial charge in [-0.05, 0) is 45.2 Å². The molecule has 1 aliphatic heterocycles. The van der Waals surface area contributed by atoms with Crippen LogP contribution in [0.5, 0.6) is 0 Å². The van der Waals surface area contributed by atoms with Gasteiger partial charge in [0.05, 0.1) is 29.6 Å². The molecular formula is C22H24F2N4O3. The summed E-state index contributed by atoms with van der Waals surface area (Å²) in [7, 11) is 1.59. The van der Waals surface area contributed by atoms with Gasteiger partial charge < -0.3 is 15.5 Å². The van der Waals surface area contributed by atoms with Gasteiger partial charge in [0.2, 0.25) is 17.7 Å². The summed E-state index contributed by atoms with van der Waals surface area (Å²) in [4.78, 5) is 40.8. The first-order valence-electron chi connectivity index (χ1n) is 9.84. The third kappa shape index (κ3) is 5.05. The number of likely N-dealkylation sites (N-methyl/N-ethyl adjacent to an activating group) is 1.